The molecular formula is C13H9N3O. The van der Waals surface area contributed by atoms with E-state index in [0.717, 1.165) is 10.9 Å². The Morgan fingerprint density at radius 2 is 2.12 bits per heavy atom. The summed E-state index contributed by atoms with van der Waals surface area (Å²) < 4.78 is 1.44. The third kappa shape index (κ3) is 1.69. The van der Waals surface area contributed by atoms with Gasteiger partial charge in [-0.1, -0.05) is 18.2 Å². The van der Waals surface area contributed by atoms with Crippen LogP contribution in [0.25, 0.3) is 10.9 Å². The van der Waals surface area contributed by atoms with Crippen LogP contribution in [0.5, 0.6) is 0 Å². The van der Waals surface area contributed by atoms with Crippen LogP contribution in [-0.2, 0) is 0 Å². The van der Waals surface area contributed by atoms with E-state index in [-0.39, 0.29) is 5.91 Å². The van der Waals surface area contributed by atoms with Gasteiger partial charge >= 0.3 is 0 Å². The van der Waals surface area contributed by atoms with Gasteiger partial charge in [-0.25, -0.2) is 4.98 Å². The van der Waals surface area contributed by atoms with Crippen molar-refractivity contribution in [3.8, 4) is 0 Å². The standard InChI is InChI=1S/C13H9N3O/c17-13(16-6-5-14-9-16)11-7-10-3-1-2-4-12(10)15-8-11/h1-9H. The number of carbonyl (C=O) groups is 1. The van der Waals surface area contributed by atoms with Crippen LogP contribution >= 0.6 is 0 Å². The highest BCUT2D eigenvalue weighted by atomic mass is 16.2. The Labute approximate surface area is 97.6 Å². The Morgan fingerprint density at radius 1 is 1.24 bits per heavy atom. The summed E-state index contributed by atoms with van der Waals surface area (Å²) in [6, 6.07) is 9.54. The minimum absolute atomic E-state index is 0.124. The first kappa shape index (κ1) is 9.72. The third-order valence-corrected chi connectivity index (χ3v) is 2.58. The number of hydrogen-bond donors (Lipinski definition) is 0. The van der Waals surface area contributed by atoms with Crippen molar-refractivity contribution in [2.24, 2.45) is 0 Å². The summed E-state index contributed by atoms with van der Waals surface area (Å²) in [4.78, 5) is 20.1. The zero-order valence-corrected chi connectivity index (χ0v) is 8.95. The number of aromatic nitrogens is 3. The summed E-state index contributed by atoms with van der Waals surface area (Å²) in [6.45, 7) is 0. The molecule has 0 saturated carbocycles. The fraction of sp³-hybridized carbons (Fsp3) is 0. The molecule has 0 aliphatic carbocycles. The molecular weight excluding hydrogens is 214 g/mol. The number of hydrogen-bond acceptors (Lipinski definition) is 3. The highest BCUT2D eigenvalue weighted by Crippen LogP contribution is 2.13. The lowest BCUT2D eigenvalue weighted by Crippen LogP contribution is -2.09. The molecule has 4 nitrogen and oxygen atoms in total. The van der Waals surface area contributed by atoms with Crippen molar-refractivity contribution in [1.82, 2.24) is 14.5 Å². The first-order valence-electron chi connectivity index (χ1n) is 5.22. The summed E-state index contributed by atoms with van der Waals surface area (Å²) in [6.07, 6.45) is 6.27. The molecule has 1 aromatic carbocycles. The molecule has 0 amide bonds. The first-order chi connectivity index (χ1) is 8.34. The smallest absolute Gasteiger partial charge is 0.264 e. The fourth-order valence-electron chi connectivity index (χ4n) is 1.72. The molecule has 0 aliphatic heterocycles. The maximum absolute atomic E-state index is 12.0. The number of benzene rings is 1. The largest absolute Gasteiger partial charge is 0.272 e. The van der Waals surface area contributed by atoms with Crippen LogP contribution in [0.15, 0.2) is 55.2 Å². The lowest BCUT2D eigenvalue weighted by Gasteiger charge is -2.02. The van der Waals surface area contributed by atoms with Gasteiger partial charge in [0.1, 0.15) is 6.33 Å². The van der Waals surface area contributed by atoms with Gasteiger partial charge in [-0.05, 0) is 12.1 Å². The van der Waals surface area contributed by atoms with E-state index in [0.29, 0.717) is 5.56 Å². The molecule has 17 heavy (non-hydrogen) atoms. The van der Waals surface area contributed by atoms with Crippen LogP contribution in [-0.4, -0.2) is 20.4 Å². The second-order valence-corrected chi connectivity index (χ2v) is 3.69. The molecule has 2 heterocycles. The number of nitrogens with zero attached hydrogens (tertiary/aromatic N) is 3. The molecule has 0 spiro atoms. The van der Waals surface area contributed by atoms with Gasteiger partial charge in [-0.15, -0.1) is 0 Å². The Balaban J connectivity index is 2.09. The van der Waals surface area contributed by atoms with Gasteiger partial charge in [0.2, 0.25) is 0 Å². The van der Waals surface area contributed by atoms with Crippen LogP contribution in [0.3, 0.4) is 0 Å². The van der Waals surface area contributed by atoms with Crippen molar-refractivity contribution in [2.45, 2.75) is 0 Å². The summed E-state index contributed by atoms with van der Waals surface area (Å²) in [5.41, 5.74) is 1.44. The van der Waals surface area contributed by atoms with Crippen molar-refractivity contribution in [2.75, 3.05) is 0 Å². The molecule has 3 rings (SSSR count). The van der Waals surface area contributed by atoms with Crippen LogP contribution < -0.4 is 0 Å². The van der Waals surface area contributed by atoms with Crippen molar-refractivity contribution in [1.29, 1.82) is 0 Å². The highest BCUT2D eigenvalue weighted by Gasteiger charge is 2.08. The summed E-state index contributed by atoms with van der Waals surface area (Å²) in [5, 5.41) is 0.957. The number of pyridine rings is 1. The molecule has 3 aromatic rings. The van der Waals surface area contributed by atoms with E-state index in [2.05, 4.69) is 9.97 Å². The maximum atomic E-state index is 12.0. The van der Waals surface area contributed by atoms with Crippen molar-refractivity contribution in [3.05, 3.63) is 60.8 Å². The van der Waals surface area contributed by atoms with Gasteiger partial charge < -0.3 is 0 Å². The lowest BCUT2D eigenvalue weighted by atomic mass is 10.1. The van der Waals surface area contributed by atoms with E-state index in [1.807, 2.05) is 30.3 Å². The van der Waals surface area contributed by atoms with E-state index in [1.54, 1.807) is 18.6 Å². The topological polar surface area (TPSA) is 47.8 Å². The van der Waals surface area contributed by atoms with E-state index in [4.69, 9.17) is 0 Å². The molecule has 2 aromatic heterocycles. The summed E-state index contributed by atoms with van der Waals surface area (Å²) in [7, 11) is 0. The van der Waals surface area contributed by atoms with Gasteiger partial charge in [0.05, 0.1) is 11.1 Å². The van der Waals surface area contributed by atoms with Gasteiger partial charge in [-0.3, -0.25) is 14.3 Å². The predicted octanol–water partition coefficient (Wildman–Crippen LogP) is 2.12. The van der Waals surface area contributed by atoms with Gasteiger partial charge in [0.15, 0.2) is 0 Å². The average molecular weight is 223 g/mol. The monoisotopic (exact) mass is 223 g/mol. The molecule has 0 unspecified atom stereocenters. The Kier molecular flexibility index (Phi) is 2.19. The number of rotatable bonds is 1. The summed E-state index contributed by atoms with van der Waals surface area (Å²) >= 11 is 0. The minimum atomic E-state index is -0.124. The van der Waals surface area contributed by atoms with Gasteiger partial charge in [-0.2, -0.15) is 0 Å². The Morgan fingerprint density at radius 3 is 2.94 bits per heavy atom. The average Bonchev–Trinajstić information content (AvgIpc) is 2.91. The van der Waals surface area contributed by atoms with Gasteiger partial charge in [0, 0.05) is 24.0 Å². The van der Waals surface area contributed by atoms with Gasteiger partial charge in [0.25, 0.3) is 5.91 Å². The molecule has 0 fully saturated rings. The molecule has 0 aliphatic rings. The highest BCUT2D eigenvalue weighted by molar-refractivity contribution is 5.98. The predicted molar refractivity (Wildman–Crippen MR) is 63.7 cm³/mol. The van der Waals surface area contributed by atoms with E-state index in [9.17, 15) is 4.79 Å². The van der Waals surface area contributed by atoms with Crippen LogP contribution in [0, 0.1) is 0 Å². The van der Waals surface area contributed by atoms with Crippen LogP contribution in [0.4, 0.5) is 0 Å². The Bertz CT molecular complexity index is 674. The molecule has 4 heteroatoms. The van der Waals surface area contributed by atoms with E-state index < -0.39 is 0 Å². The minimum Gasteiger partial charge on any atom is -0.272 e. The van der Waals surface area contributed by atoms with Crippen molar-refractivity contribution in [3.63, 3.8) is 0 Å². The second-order valence-electron chi connectivity index (χ2n) is 3.69. The Hall–Kier alpha value is -2.49. The van der Waals surface area contributed by atoms with Crippen LogP contribution in [0.1, 0.15) is 10.4 Å². The lowest BCUT2D eigenvalue weighted by molar-refractivity contribution is 0.0959. The molecule has 0 bridgehead atoms. The molecule has 0 saturated heterocycles. The van der Waals surface area contributed by atoms with Crippen molar-refractivity contribution >= 4 is 16.8 Å². The second kappa shape index (κ2) is 3.83. The SMILES string of the molecule is O=C(c1cnc2ccccc2c1)n1ccnc1. The molecule has 0 radical (unpaired) electrons. The maximum Gasteiger partial charge on any atom is 0.264 e. The first-order valence-corrected chi connectivity index (χ1v) is 5.22. The van der Waals surface area contributed by atoms with Crippen molar-refractivity contribution < 1.29 is 4.79 Å². The van der Waals surface area contributed by atoms with E-state index >= 15 is 0 Å². The quantitative estimate of drug-likeness (QED) is 0.634. The zero-order chi connectivity index (χ0) is 11.7. The fourth-order valence-corrected chi connectivity index (χ4v) is 1.72. The number of carbonyl (C=O) groups excluding carboxylic acids is 1. The normalized spacial score (nSPS) is 10.6. The summed E-state index contributed by atoms with van der Waals surface area (Å²) in [5.74, 6) is -0.124. The van der Waals surface area contributed by atoms with E-state index in [1.165, 1.54) is 10.9 Å². The number of para-hydroxylation sites is 1. The zero-order valence-electron chi connectivity index (χ0n) is 8.95. The number of imidazole rings is 1. The number of fused-ring (bicyclic) bond motifs is 1. The molecule has 0 N–H and O–H groups in total. The third-order valence-electron chi connectivity index (χ3n) is 2.58. The van der Waals surface area contributed by atoms with Crippen LogP contribution in [0.2, 0.25) is 0 Å². The molecule has 82 valence electrons. The molecule has 0 atom stereocenters.